The van der Waals surface area contributed by atoms with Crippen LogP contribution in [0.5, 0.6) is 0 Å². The minimum absolute atomic E-state index is 0.121. The molecule has 0 atom stereocenters. The third kappa shape index (κ3) is 2.05. The Kier molecular flexibility index (Phi) is 2.80. The average molecular weight is 246 g/mol. The van der Waals surface area contributed by atoms with Gasteiger partial charge in [-0.3, -0.25) is 14.9 Å². The van der Waals surface area contributed by atoms with Crippen LogP contribution in [0, 0.1) is 17.0 Å². The molecule has 0 aliphatic carbocycles. The number of amides is 1. The first-order valence-electron chi connectivity index (χ1n) is 5.08. The van der Waals surface area contributed by atoms with Crippen LogP contribution in [-0.2, 0) is 0 Å². The first-order valence-corrected chi connectivity index (χ1v) is 5.08. The van der Waals surface area contributed by atoms with E-state index in [1.54, 1.807) is 17.1 Å². The molecule has 18 heavy (non-hydrogen) atoms. The van der Waals surface area contributed by atoms with Crippen molar-refractivity contribution in [2.75, 3.05) is 0 Å². The second-order valence-electron chi connectivity index (χ2n) is 3.75. The number of aryl methyl sites for hydroxylation is 1. The maximum atomic E-state index is 11.2. The molecule has 0 fully saturated rings. The van der Waals surface area contributed by atoms with Crippen molar-refractivity contribution < 1.29 is 9.72 Å². The van der Waals surface area contributed by atoms with Crippen LogP contribution in [0.2, 0.25) is 0 Å². The molecule has 7 nitrogen and oxygen atoms in total. The fourth-order valence-corrected chi connectivity index (χ4v) is 1.60. The Bertz CT molecular complexity index is 633. The molecular formula is C11H10N4O3. The van der Waals surface area contributed by atoms with Gasteiger partial charge in [0, 0.05) is 18.0 Å². The summed E-state index contributed by atoms with van der Waals surface area (Å²) in [5.74, 6) is -0.833. The molecule has 0 bridgehead atoms. The minimum Gasteiger partial charge on any atom is -0.365 e. The van der Waals surface area contributed by atoms with Crippen LogP contribution in [0.3, 0.4) is 0 Å². The summed E-state index contributed by atoms with van der Waals surface area (Å²) in [7, 11) is 0. The minimum atomic E-state index is -0.833. The lowest BCUT2D eigenvalue weighted by Gasteiger charge is -2.04. The van der Waals surface area contributed by atoms with Gasteiger partial charge in [0.2, 0.25) is 0 Å². The summed E-state index contributed by atoms with van der Waals surface area (Å²) in [6.45, 7) is 1.82. The lowest BCUT2D eigenvalue weighted by atomic mass is 10.1. The summed E-state index contributed by atoms with van der Waals surface area (Å²) in [5.41, 5.74) is 6.10. The van der Waals surface area contributed by atoms with E-state index in [1.807, 2.05) is 6.92 Å². The SMILES string of the molecule is Cc1cn(-c2ccc([N+](=O)[O-])c(C(N)=O)c2)cn1. The molecular weight excluding hydrogens is 236 g/mol. The van der Waals surface area contributed by atoms with Crippen molar-refractivity contribution >= 4 is 11.6 Å². The number of imidazole rings is 1. The molecule has 0 saturated carbocycles. The van der Waals surface area contributed by atoms with Crippen LogP contribution in [0.1, 0.15) is 16.1 Å². The summed E-state index contributed by atoms with van der Waals surface area (Å²) >= 11 is 0. The van der Waals surface area contributed by atoms with E-state index in [2.05, 4.69) is 4.98 Å². The quantitative estimate of drug-likeness (QED) is 0.648. The summed E-state index contributed by atoms with van der Waals surface area (Å²) in [6.07, 6.45) is 3.30. The number of hydrogen-bond acceptors (Lipinski definition) is 4. The molecule has 7 heteroatoms. The van der Waals surface area contributed by atoms with E-state index in [1.165, 1.54) is 18.2 Å². The third-order valence-corrected chi connectivity index (χ3v) is 2.45. The number of nitro benzene ring substituents is 1. The first-order chi connectivity index (χ1) is 8.49. The summed E-state index contributed by atoms with van der Waals surface area (Å²) < 4.78 is 1.66. The Labute approximate surface area is 102 Å². The van der Waals surface area contributed by atoms with E-state index < -0.39 is 10.8 Å². The van der Waals surface area contributed by atoms with Crippen molar-refractivity contribution in [1.29, 1.82) is 0 Å². The Balaban J connectivity index is 2.56. The number of carbonyl (C=O) groups excluding carboxylic acids is 1. The standard InChI is InChI=1S/C11H10N4O3/c1-7-5-14(6-13-7)8-2-3-10(15(17)18)9(4-8)11(12)16/h2-6H,1H3,(H2,12,16). The number of nitrogens with zero attached hydrogens (tertiary/aromatic N) is 3. The number of hydrogen-bond donors (Lipinski definition) is 1. The van der Waals surface area contributed by atoms with Gasteiger partial charge in [0.05, 0.1) is 16.9 Å². The van der Waals surface area contributed by atoms with Gasteiger partial charge in [-0.05, 0) is 19.1 Å². The third-order valence-electron chi connectivity index (χ3n) is 2.45. The van der Waals surface area contributed by atoms with Crippen LogP contribution >= 0.6 is 0 Å². The Hall–Kier alpha value is -2.70. The Morgan fingerprint density at radius 3 is 2.72 bits per heavy atom. The van der Waals surface area contributed by atoms with Crippen molar-refractivity contribution in [3.8, 4) is 5.69 Å². The number of benzene rings is 1. The lowest BCUT2D eigenvalue weighted by Crippen LogP contribution is -2.14. The number of carbonyl (C=O) groups is 1. The van der Waals surface area contributed by atoms with Crippen LogP contribution in [0.25, 0.3) is 5.69 Å². The molecule has 0 radical (unpaired) electrons. The highest BCUT2D eigenvalue weighted by atomic mass is 16.6. The molecule has 2 rings (SSSR count). The zero-order valence-corrected chi connectivity index (χ0v) is 9.53. The normalized spacial score (nSPS) is 10.3. The molecule has 0 aliphatic rings. The molecule has 1 aromatic carbocycles. The Morgan fingerprint density at radius 1 is 1.50 bits per heavy atom. The topological polar surface area (TPSA) is 104 Å². The molecule has 0 saturated heterocycles. The maximum absolute atomic E-state index is 11.2. The van der Waals surface area contributed by atoms with Gasteiger partial charge in [-0.2, -0.15) is 0 Å². The van der Waals surface area contributed by atoms with Crippen molar-refractivity contribution in [1.82, 2.24) is 9.55 Å². The van der Waals surface area contributed by atoms with Gasteiger partial charge in [-0.1, -0.05) is 0 Å². The van der Waals surface area contributed by atoms with Crippen LogP contribution in [-0.4, -0.2) is 20.4 Å². The van der Waals surface area contributed by atoms with E-state index in [9.17, 15) is 14.9 Å². The molecule has 1 amide bonds. The predicted molar refractivity (Wildman–Crippen MR) is 63.5 cm³/mol. The smallest absolute Gasteiger partial charge is 0.282 e. The molecule has 92 valence electrons. The van der Waals surface area contributed by atoms with E-state index in [-0.39, 0.29) is 11.3 Å². The molecule has 0 unspecified atom stereocenters. The van der Waals surface area contributed by atoms with Gasteiger partial charge < -0.3 is 10.3 Å². The fraction of sp³-hybridized carbons (Fsp3) is 0.0909. The van der Waals surface area contributed by atoms with Crippen LogP contribution in [0.4, 0.5) is 5.69 Å². The van der Waals surface area contributed by atoms with E-state index in [0.717, 1.165) is 5.69 Å². The number of nitro groups is 1. The van der Waals surface area contributed by atoms with Crippen molar-refractivity contribution in [3.63, 3.8) is 0 Å². The van der Waals surface area contributed by atoms with Gasteiger partial charge >= 0.3 is 0 Å². The predicted octanol–water partition coefficient (Wildman–Crippen LogP) is 1.19. The first kappa shape index (κ1) is 11.8. The van der Waals surface area contributed by atoms with Crippen molar-refractivity contribution in [3.05, 3.63) is 52.1 Å². The second-order valence-corrected chi connectivity index (χ2v) is 3.75. The molecule has 1 heterocycles. The number of primary amides is 1. The number of aromatic nitrogens is 2. The zero-order chi connectivity index (χ0) is 13.3. The van der Waals surface area contributed by atoms with Gasteiger partial charge in [-0.25, -0.2) is 4.98 Å². The highest BCUT2D eigenvalue weighted by Crippen LogP contribution is 2.21. The van der Waals surface area contributed by atoms with Crippen LogP contribution in [0.15, 0.2) is 30.7 Å². The van der Waals surface area contributed by atoms with E-state index >= 15 is 0 Å². The molecule has 1 aromatic heterocycles. The monoisotopic (exact) mass is 246 g/mol. The zero-order valence-electron chi connectivity index (χ0n) is 9.53. The molecule has 2 N–H and O–H groups in total. The highest BCUT2D eigenvalue weighted by Gasteiger charge is 2.18. The van der Waals surface area contributed by atoms with Gasteiger partial charge in [-0.15, -0.1) is 0 Å². The summed E-state index contributed by atoms with van der Waals surface area (Å²) in [5, 5.41) is 10.8. The maximum Gasteiger partial charge on any atom is 0.282 e. The van der Waals surface area contributed by atoms with Gasteiger partial charge in [0.15, 0.2) is 0 Å². The molecule has 0 spiro atoms. The largest absolute Gasteiger partial charge is 0.365 e. The van der Waals surface area contributed by atoms with E-state index in [4.69, 9.17) is 5.73 Å². The summed E-state index contributed by atoms with van der Waals surface area (Å²) in [6, 6.07) is 4.16. The van der Waals surface area contributed by atoms with Gasteiger partial charge in [0.25, 0.3) is 11.6 Å². The van der Waals surface area contributed by atoms with Crippen molar-refractivity contribution in [2.45, 2.75) is 6.92 Å². The van der Waals surface area contributed by atoms with Crippen molar-refractivity contribution in [2.24, 2.45) is 5.73 Å². The number of nitrogens with two attached hydrogens (primary N) is 1. The molecule has 0 aliphatic heterocycles. The highest BCUT2D eigenvalue weighted by molar-refractivity contribution is 5.97. The molecule has 2 aromatic rings. The fourth-order valence-electron chi connectivity index (χ4n) is 1.60. The van der Waals surface area contributed by atoms with Crippen LogP contribution < -0.4 is 5.73 Å². The van der Waals surface area contributed by atoms with E-state index in [0.29, 0.717) is 5.69 Å². The average Bonchev–Trinajstić information content (AvgIpc) is 2.75. The van der Waals surface area contributed by atoms with Gasteiger partial charge in [0.1, 0.15) is 5.56 Å². The second kappa shape index (κ2) is 4.28. The lowest BCUT2D eigenvalue weighted by molar-refractivity contribution is -0.385. The summed E-state index contributed by atoms with van der Waals surface area (Å²) in [4.78, 5) is 25.4. The Morgan fingerprint density at radius 2 is 2.22 bits per heavy atom. The number of rotatable bonds is 3.